The lowest BCUT2D eigenvalue weighted by Crippen LogP contribution is -2.37. The molecule has 0 aliphatic carbocycles. The molecule has 0 spiro atoms. The van der Waals surface area contributed by atoms with E-state index in [0.29, 0.717) is 16.4 Å². The van der Waals surface area contributed by atoms with E-state index < -0.39 is 32.5 Å². The molecule has 12 heteroatoms. The van der Waals surface area contributed by atoms with Crippen molar-refractivity contribution < 1.29 is 21.6 Å². The van der Waals surface area contributed by atoms with E-state index in [-0.39, 0.29) is 10.6 Å². The van der Waals surface area contributed by atoms with E-state index >= 15 is 0 Å². The van der Waals surface area contributed by atoms with Gasteiger partial charge in [0.1, 0.15) is 6.54 Å². The molecule has 0 radical (unpaired) electrons. The highest BCUT2D eigenvalue weighted by Crippen LogP contribution is 2.22. The average Bonchev–Trinajstić information content (AvgIpc) is 2.74. The lowest BCUT2D eigenvalue weighted by atomic mass is 10.3. The van der Waals surface area contributed by atoms with Gasteiger partial charge in [-0.05, 0) is 72.8 Å². The van der Waals surface area contributed by atoms with Crippen LogP contribution in [0.15, 0.2) is 82.2 Å². The Morgan fingerprint density at radius 3 is 1.97 bits per heavy atom. The largest absolute Gasteiger partial charge is 0.325 e. The van der Waals surface area contributed by atoms with E-state index in [0.717, 1.165) is 15.0 Å². The molecule has 0 aliphatic heterocycles. The summed E-state index contributed by atoms with van der Waals surface area (Å²) in [6, 6.07) is 18.2. The van der Waals surface area contributed by atoms with Crippen LogP contribution in [0.3, 0.4) is 0 Å². The van der Waals surface area contributed by atoms with Crippen LogP contribution in [0, 0.1) is 0 Å². The van der Waals surface area contributed by atoms with Crippen LogP contribution >= 0.6 is 27.5 Å². The summed E-state index contributed by atoms with van der Waals surface area (Å²) in [7, 11) is -7.56. The second-order valence-electron chi connectivity index (χ2n) is 6.93. The summed E-state index contributed by atoms with van der Waals surface area (Å²) in [6.07, 6.45) is 0.993. The minimum atomic E-state index is -3.83. The number of hydrogen-bond acceptors (Lipinski definition) is 5. The molecule has 174 valence electrons. The Labute approximate surface area is 205 Å². The Kier molecular flexibility index (Phi) is 7.68. The second-order valence-corrected chi connectivity index (χ2v) is 11.9. The van der Waals surface area contributed by atoms with Gasteiger partial charge in [0.05, 0.1) is 16.8 Å². The van der Waals surface area contributed by atoms with Crippen molar-refractivity contribution >= 4 is 70.5 Å². The lowest BCUT2D eigenvalue weighted by molar-refractivity contribution is -0.114. The molecule has 33 heavy (non-hydrogen) atoms. The van der Waals surface area contributed by atoms with E-state index in [1.165, 1.54) is 48.5 Å². The molecular formula is C21H19BrClN3O5S2. The molecule has 3 aromatic rings. The maximum absolute atomic E-state index is 12.6. The number of carbonyl (C=O) groups excluding carboxylic acids is 1. The summed E-state index contributed by atoms with van der Waals surface area (Å²) >= 11 is 9.13. The highest BCUT2D eigenvalue weighted by molar-refractivity contribution is 9.10. The maximum Gasteiger partial charge on any atom is 0.261 e. The molecule has 0 fully saturated rings. The number of benzene rings is 3. The number of carbonyl (C=O) groups is 1. The zero-order valence-corrected chi connectivity index (χ0v) is 21.2. The first-order valence-electron chi connectivity index (χ1n) is 9.36. The van der Waals surface area contributed by atoms with Crippen LogP contribution in [0.5, 0.6) is 0 Å². The fourth-order valence-electron chi connectivity index (χ4n) is 2.79. The molecule has 2 N–H and O–H groups in total. The molecule has 0 aliphatic rings. The summed E-state index contributed by atoms with van der Waals surface area (Å²) in [6.45, 7) is -0.467. The predicted octanol–water partition coefficient (Wildman–Crippen LogP) is 4.31. The van der Waals surface area contributed by atoms with Gasteiger partial charge in [0.2, 0.25) is 15.9 Å². The molecule has 3 aromatic carbocycles. The van der Waals surface area contributed by atoms with Crippen LogP contribution in [-0.4, -0.2) is 35.5 Å². The monoisotopic (exact) mass is 571 g/mol. The third kappa shape index (κ3) is 6.94. The zero-order chi connectivity index (χ0) is 24.2. The van der Waals surface area contributed by atoms with Crippen LogP contribution in [0.4, 0.5) is 17.1 Å². The summed E-state index contributed by atoms with van der Waals surface area (Å²) in [5, 5.41) is 3.00. The van der Waals surface area contributed by atoms with Crippen molar-refractivity contribution in [2.24, 2.45) is 0 Å². The molecule has 0 saturated heterocycles. The molecule has 0 unspecified atom stereocenters. The van der Waals surface area contributed by atoms with Gasteiger partial charge in [0, 0.05) is 20.9 Å². The van der Waals surface area contributed by atoms with Crippen molar-refractivity contribution in [1.82, 2.24) is 0 Å². The van der Waals surface area contributed by atoms with Gasteiger partial charge in [-0.25, -0.2) is 16.8 Å². The average molecular weight is 573 g/mol. The van der Waals surface area contributed by atoms with Crippen molar-refractivity contribution in [2.75, 3.05) is 27.1 Å². The third-order valence-electron chi connectivity index (χ3n) is 4.35. The topological polar surface area (TPSA) is 113 Å². The Morgan fingerprint density at radius 2 is 1.42 bits per heavy atom. The van der Waals surface area contributed by atoms with Crippen LogP contribution in [0.25, 0.3) is 0 Å². The molecule has 0 bridgehead atoms. The zero-order valence-electron chi connectivity index (χ0n) is 17.2. The van der Waals surface area contributed by atoms with Crippen LogP contribution in [0.2, 0.25) is 5.02 Å². The van der Waals surface area contributed by atoms with Crippen molar-refractivity contribution in [3.05, 3.63) is 82.3 Å². The molecule has 0 atom stereocenters. The number of hydrogen-bond donors (Lipinski definition) is 2. The standard InChI is InChI=1S/C21H19BrClN3O5S2/c1-32(28,29)26(19-10-4-16(23)5-11-19)14-21(27)24-17-8-12-20(13-9-17)33(30,31)25-18-6-2-15(22)3-7-18/h2-13,25H,14H2,1H3,(H,24,27). The third-order valence-corrected chi connectivity index (χ3v) is 7.67. The number of nitrogens with zero attached hydrogens (tertiary/aromatic N) is 1. The number of nitrogens with one attached hydrogen (secondary N) is 2. The number of amides is 1. The van der Waals surface area contributed by atoms with Gasteiger partial charge in [-0.2, -0.15) is 0 Å². The lowest BCUT2D eigenvalue weighted by Gasteiger charge is -2.22. The fraction of sp³-hybridized carbons (Fsp3) is 0.0952. The molecule has 3 rings (SSSR count). The minimum Gasteiger partial charge on any atom is -0.325 e. The summed E-state index contributed by atoms with van der Waals surface area (Å²) in [5.74, 6) is -0.598. The summed E-state index contributed by atoms with van der Waals surface area (Å²) in [4.78, 5) is 12.5. The van der Waals surface area contributed by atoms with Crippen LogP contribution in [0.1, 0.15) is 0 Å². The minimum absolute atomic E-state index is 0.00217. The number of anilines is 3. The first kappa shape index (κ1) is 25.0. The quantitative estimate of drug-likeness (QED) is 0.418. The normalized spacial score (nSPS) is 11.6. The van der Waals surface area contributed by atoms with Crippen molar-refractivity contribution in [3.8, 4) is 0 Å². The maximum atomic E-state index is 12.6. The summed E-state index contributed by atoms with van der Waals surface area (Å²) < 4.78 is 53.7. The van der Waals surface area contributed by atoms with Crippen LogP contribution in [-0.2, 0) is 24.8 Å². The van der Waals surface area contributed by atoms with E-state index in [4.69, 9.17) is 11.6 Å². The van der Waals surface area contributed by atoms with Crippen molar-refractivity contribution in [2.45, 2.75) is 4.90 Å². The van der Waals surface area contributed by atoms with Crippen molar-refractivity contribution in [3.63, 3.8) is 0 Å². The molecule has 0 aromatic heterocycles. The Balaban J connectivity index is 1.70. The Morgan fingerprint density at radius 1 is 0.879 bits per heavy atom. The number of rotatable bonds is 8. The van der Waals surface area contributed by atoms with E-state index in [2.05, 4.69) is 26.0 Å². The van der Waals surface area contributed by atoms with Gasteiger partial charge in [-0.1, -0.05) is 27.5 Å². The fourth-order valence-corrected chi connectivity index (χ4v) is 5.09. The van der Waals surface area contributed by atoms with E-state index in [1.54, 1.807) is 24.3 Å². The number of sulfonamides is 2. The highest BCUT2D eigenvalue weighted by Gasteiger charge is 2.21. The Bertz CT molecular complexity index is 1350. The van der Waals surface area contributed by atoms with Gasteiger partial charge in [-0.15, -0.1) is 0 Å². The molecular weight excluding hydrogens is 554 g/mol. The van der Waals surface area contributed by atoms with E-state index in [1.807, 2.05) is 0 Å². The van der Waals surface area contributed by atoms with Gasteiger partial charge in [-0.3, -0.25) is 13.8 Å². The van der Waals surface area contributed by atoms with Crippen LogP contribution < -0.4 is 14.3 Å². The molecule has 1 amide bonds. The van der Waals surface area contributed by atoms with Crippen molar-refractivity contribution in [1.29, 1.82) is 0 Å². The predicted molar refractivity (Wildman–Crippen MR) is 134 cm³/mol. The van der Waals surface area contributed by atoms with Gasteiger partial charge in [0.25, 0.3) is 10.0 Å². The number of halogens is 2. The van der Waals surface area contributed by atoms with E-state index in [9.17, 15) is 21.6 Å². The Hall–Kier alpha value is -2.60. The van der Waals surface area contributed by atoms with Gasteiger partial charge < -0.3 is 5.32 Å². The van der Waals surface area contributed by atoms with Gasteiger partial charge in [0.15, 0.2) is 0 Å². The SMILES string of the molecule is CS(=O)(=O)N(CC(=O)Nc1ccc(S(=O)(=O)Nc2ccc(Br)cc2)cc1)c1ccc(Cl)cc1. The highest BCUT2D eigenvalue weighted by atomic mass is 79.9. The molecule has 0 saturated carbocycles. The second kappa shape index (κ2) is 10.1. The molecule has 0 heterocycles. The first-order chi connectivity index (χ1) is 15.4. The molecule has 8 nitrogen and oxygen atoms in total. The summed E-state index contributed by atoms with van der Waals surface area (Å²) in [5.41, 5.74) is 1.00. The smallest absolute Gasteiger partial charge is 0.261 e. The van der Waals surface area contributed by atoms with Gasteiger partial charge >= 0.3 is 0 Å². The first-order valence-corrected chi connectivity index (χ1v) is 13.9.